The van der Waals surface area contributed by atoms with Crippen molar-refractivity contribution < 1.29 is 28.5 Å². The van der Waals surface area contributed by atoms with Gasteiger partial charge in [0.15, 0.2) is 12.0 Å². The number of pyridine rings is 1. The fourth-order valence-corrected chi connectivity index (χ4v) is 4.07. The van der Waals surface area contributed by atoms with Gasteiger partial charge in [-0.25, -0.2) is 0 Å². The molecular formula is C26H23NO6. The second kappa shape index (κ2) is 9.03. The molecule has 0 N–H and O–H groups in total. The van der Waals surface area contributed by atoms with Crippen LogP contribution in [0.4, 0.5) is 0 Å². The van der Waals surface area contributed by atoms with Crippen molar-refractivity contribution in [3.63, 3.8) is 0 Å². The van der Waals surface area contributed by atoms with E-state index in [0.717, 1.165) is 35.7 Å². The highest BCUT2D eigenvalue weighted by Gasteiger charge is 2.29. The van der Waals surface area contributed by atoms with Crippen LogP contribution >= 0.6 is 0 Å². The average Bonchev–Trinajstić information content (AvgIpc) is 3.12. The van der Waals surface area contributed by atoms with Crippen LogP contribution in [0.15, 0.2) is 60.5 Å². The number of allylic oxidation sites excluding steroid dienone is 1. The zero-order valence-electron chi connectivity index (χ0n) is 18.2. The predicted molar refractivity (Wildman–Crippen MR) is 121 cm³/mol. The maximum absolute atomic E-state index is 12.9. The van der Waals surface area contributed by atoms with Crippen LogP contribution in [0.2, 0.25) is 0 Å². The number of fused-ring (bicyclic) bond motifs is 2. The first kappa shape index (κ1) is 21.2. The van der Waals surface area contributed by atoms with Crippen LogP contribution in [0.3, 0.4) is 0 Å². The van der Waals surface area contributed by atoms with Gasteiger partial charge in [0.1, 0.15) is 18.1 Å². The molecule has 7 heteroatoms. The van der Waals surface area contributed by atoms with E-state index in [1.54, 1.807) is 30.5 Å². The summed E-state index contributed by atoms with van der Waals surface area (Å²) in [6, 6.07) is 14.7. The van der Waals surface area contributed by atoms with Gasteiger partial charge in [0.25, 0.3) is 0 Å². The number of rotatable bonds is 5. The van der Waals surface area contributed by atoms with Gasteiger partial charge < -0.3 is 18.9 Å². The lowest BCUT2D eigenvalue weighted by Crippen LogP contribution is -2.34. The van der Waals surface area contributed by atoms with Crippen molar-refractivity contribution in [2.24, 2.45) is 0 Å². The summed E-state index contributed by atoms with van der Waals surface area (Å²) in [5.41, 5.74) is 2.21. The Bertz CT molecular complexity index is 1250. The molecule has 1 aromatic heterocycles. The number of carbonyl (C=O) groups excluding carboxylic acids is 2. The molecule has 33 heavy (non-hydrogen) atoms. The summed E-state index contributed by atoms with van der Waals surface area (Å²) in [5, 5.41) is 0.946. The number of nitrogens with zero attached hydrogens (tertiary/aromatic N) is 1. The Balaban J connectivity index is 1.31. The highest BCUT2D eigenvalue weighted by Crippen LogP contribution is 2.36. The standard InChI is InChI=1S/C26H23NO6/c1-16(28)30-15-19-6-3-9-25(32-19)31-18-10-11-21-23(14-18)33-24(26(21)29)13-17-5-2-8-22-20(17)7-4-12-27-22/h2,4-5,7-8,10-14,19,25H,3,6,9,15H2,1H3/b24-13-/t19-,25?/m1/s1. The van der Waals surface area contributed by atoms with Gasteiger partial charge in [0.2, 0.25) is 5.78 Å². The Kier molecular flexibility index (Phi) is 5.79. The van der Waals surface area contributed by atoms with Gasteiger partial charge in [-0.15, -0.1) is 0 Å². The summed E-state index contributed by atoms with van der Waals surface area (Å²) in [6.45, 7) is 1.59. The number of aromatic nitrogens is 1. The Morgan fingerprint density at radius 3 is 2.97 bits per heavy atom. The summed E-state index contributed by atoms with van der Waals surface area (Å²) in [6.07, 6.45) is 5.29. The van der Waals surface area contributed by atoms with Gasteiger partial charge in [0, 0.05) is 31.0 Å². The van der Waals surface area contributed by atoms with Gasteiger partial charge in [-0.1, -0.05) is 18.2 Å². The zero-order chi connectivity index (χ0) is 22.8. The monoisotopic (exact) mass is 445 g/mol. The molecule has 168 valence electrons. The van der Waals surface area contributed by atoms with E-state index < -0.39 is 6.29 Å². The molecule has 0 bridgehead atoms. The number of esters is 1. The van der Waals surface area contributed by atoms with Crippen LogP contribution < -0.4 is 9.47 Å². The van der Waals surface area contributed by atoms with Gasteiger partial charge in [-0.05, 0) is 48.7 Å². The third-order valence-electron chi connectivity index (χ3n) is 5.66. The fourth-order valence-electron chi connectivity index (χ4n) is 4.07. The Morgan fingerprint density at radius 1 is 1.18 bits per heavy atom. The minimum absolute atomic E-state index is 0.173. The number of hydrogen-bond acceptors (Lipinski definition) is 7. The Hall–Kier alpha value is -3.71. The fraction of sp³-hybridized carbons (Fsp3) is 0.269. The van der Waals surface area contributed by atoms with E-state index in [2.05, 4.69) is 4.98 Å². The largest absolute Gasteiger partial charge is 0.465 e. The molecule has 0 spiro atoms. The average molecular weight is 445 g/mol. The normalized spacial score (nSPS) is 21.0. The van der Waals surface area contributed by atoms with E-state index >= 15 is 0 Å². The Labute approximate surface area is 190 Å². The quantitative estimate of drug-likeness (QED) is 0.416. The molecule has 5 rings (SSSR count). The summed E-state index contributed by atoms with van der Waals surface area (Å²) in [7, 11) is 0. The third kappa shape index (κ3) is 4.59. The zero-order valence-corrected chi connectivity index (χ0v) is 18.2. The van der Waals surface area contributed by atoms with Crippen LogP contribution in [0.1, 0.15) is 42.1 Å². The summed E-state index contributed by atoms with van der Waals surface area (Å²) < 4.78 is 22.8. The molecular weight excluding hydrogens is 422 g/mol. The van der Waals surface area contributed by atoms with Crippen molar-refractivity contribution in [2.45, 2.75) is 38.6 Å². The van der Waals surface area contributed by atoms with Crippen LogP contribution in [0, 0.1) is 0 Å². The molecule has 2 aliphatic rings. The van der Waals surface area contributed by atoms with Gasteiger partial charge in [-0.3, -0.25) is 14.6 Å². The molecule has 1 saturated heterocycles. The third-order valence-corrected chi connectivity index (χ3v) is 5.66. The highest BCUT2D eigenvalue weighted by atomic mass is 16.7. The van der Waals surface area contributed by atoms with Crippen LogP contribution in [0.25, 0.3) is 17.0 Å². The van der Waals surface area contributed by atoms with E-state index in [4.69, 9.17) is 18.9 Å². The lowest BCUT2D eigenvalue weighted by Gasteiger charge is -2.29. The van der Waals surface area contributed by atoms with Crippen LogP contribution in [-0.4, -0.2) is 35.7 Å². The van der Waals surface area contributed by atoms with Crippen LogP contribution in [0.5, 0.6) is 11.5 Å². The minimum atomic E-state index is -0.451. The number of benzene rings is 2. The lowest BCUT2D eigenvalue weighted by atomic mass is 10.1. The van der Waals surface area contributed by atoms with Crippen molar-refractivity contribution in [2.75, 3.05) is 6.61 Å². The first-order valence-electron chi connectivity index (χ1n) is 10.9. The second-order valence-corrected chi connectivity index (χ2v) is 8.05. The Morgan fingerprint density at radius 2 is 2.09 bits per heavy atom. The molecule has 0 amide bonds. The maximum atomic E-state index is 12.9. The number of Topliss-reactive ketones (excluding diaryl/α,β-unsaturated/α-hetero) is 1. The van der Waals surface area contributed by atoms with Gasteiger partial charge in [-0.2, -0.15) is 0 Å². The maximum Gasteiger partial charge on any atom is 0.302 e. The summed E-state index contributed by atoms with van der Waals surface area (Å²) >= 11 is 0. The van der Waals surface area contributed by atoms with Gasteiger partial charge >= 0.3 is 5.97 Å². The van der Waals surface area contributed by atoms with Crippen molar-refractivity contribution in [3.05, 3.63) is 71.6 Å². The molecule has 3 heterocycles. The molecule has 0 saturated carbocycles. The molecule has 0 radical (unpaired) electrons. The minimum Gasteiger partial charge on any atom is -0.465 e. The molecule has 2 aliphatic heterocycles. The molecule has 1 fully saturated rings. The molecule has 3 aromatic rings. The first-order valence-corrected chi connectivity index (χ1v) is 10.9. The first-order chi connectivity index (χ1) is 16.1. The molecule has 1 unspecified atom stereocenters. The highest BCUT2D eigenvalue weighted by molar-refractivity contribution is 6.15. The molecule has 0 aliphatic carbocycles. The number of ketones is 1. The molecule has 7 nitrogen and oxygen atoms in total. The molecule has 2 aromatic carbocycles. The topological polar surface area (TPSA) is 84.0 Å². The summed E-state index contributed by atoms with van der Waals surface area (Å²) in [4.78, 5) is 28.3. The van der Waals surface area contributed by atoms with Crippen molar-refractivity contribution >= 4 is 28.7 Å². The van der Waals surface area contributed by atoms with E-state index in [-0.39, 0.29) is 30.2 Å². The number of carbonyl (C=O) groups is 2. The van der Waals surface area contributed by atoms with Crippen molar-refractivity contribution in [1.29, 1.82) is 0 Å². The SMILES string of the molecule is CC(=O)OC[C@H]1CCCC(Oc2ccc3c(c2)O/C(=C\c2cccc4ncccc24)C3=O)O1. The number of hydrogen-bond donors (Lipinski definition) is 0. The predicted octanol–water partition coefficient (Wildman–Crippen LogP) is 4.69. The smallest absolute Gasteiger partial charge is 0.302 e. The summed E-state index contributed by atoms with van der Waals surface area (Å²) in [5.74, 6) is 0.761. The van der Waals surface area contributed by atoms with E-state index in [0.29, 0.717) is 17.1 Å². The van der Waals surface area contributed by atoms with E-state index in [1.165, 1.54) is 6.92 Å². The van der Waals surface area contributed by atoms with Crippen molar-refractivity contribution in [3.8, 4) is 11.5 Å². The van der Waals surface area contributed by atoms with Crippen molar-refractivity contribution in [1.82, 2.24) is 4.98 Å². The second-order valence-electron chi connectivity index (χ2n) is 8.05. The lowest BCUT2D eigenvalue weighted by molar-refractivity contribution is -0.172. The van der Waals surface area contributed by atoms with E-state index in [9.17, 15) is 9.59 Å². The van der Waals surface area contributed by atoms with Gasteiger partial charge in [0.05, 0.1) is 17.2 Å². The molecule has 2 atom stereocenters. The van der Waals surface area contributed by atoms with E-state index in [1.807, 2.05) is 30.3 Å². The number of ether oxygens (including phenoxy) is 4. The van der Waals surface area contributed by atoms with Crippen LogP contribution in [-0.2, 0) is 14.3 Å².